The quantitative estimate of drug-likeness (QED) is 0.736. The molecular weight excluding hydrogens is 288 g/mol. The summed E-state index contributed by atoms with van der Waals surface area (Å²) in [5.74, 6) is 1.04. The number of hydrogen-bond acceptors (Lipinski definition) is 1. The molecule has 2 rings (SSSR count). The zero-order valence-corrected chi connectivity index (χ0v) is 11.0. The van der Waals surface area contributed by atoms with Gasteiger partial charge in [0.2, 0.25) is 0 Å². The molecule has 0 aliphatic carbocycles. The van der Waals surface area contributed by atoms with Gasteiger partial charge in [-0.3, -0.25) is 0 Å². The summed E-state index contributed by atoms with van der Waals surface area (Å²) in [6, 6.07) is 8.58. The third-order valence-electron chi connectivity index (χ3n) is 1.87. The molecule has 1 aromatic heterocycles. The van der Waals surface area contributed by atoms with Crippen LogP contribution >= 0.6 is 0 Å². The van der Waals surface area contributed by atoms with Crippen LogP contribution < -0.4 is 4.74 Å². The van der Waals surface area contributed by atoms with E-state index in [1.807, 2.05) is 0 Å². The van der Waals surface area contributed by atoms with Crippen LogP contribution in [0.2, 0.25) is 0 Å². The van der Waals surface area contributed by atoms with Crippen LogP contribution in [0, 0.1) is 0 Å². The normalized spacial score (nSPS) is 11.9. The molecule has 2 aromatic rings. The molecular formula is C12H14OTe. The second kappa shape index (κ2) is 3.60. The minimum atomic E-state index is -0.105. The number of hydrogen-bond donors (Lipinski definition) is 0. The van der Waals surface area contributed by atoms with Crippen molar-refractivity contribution in [1.82, 2.24) is 0 Å². The van der Waals surface area contributed by atoms with Gasteiger partial charge in [0.1, 0.15) is 0 Å². The van der Waals surface area contributed by atoms with Crippen LogP contribution in [0.3, 0.4) is 0 Å². The van der Waals surface area contributed by atoms with E-state index in [-0.39, 0.29) is 26.0 Å². The predicted octanol–water partition coefficient (Wildman–Crippen LogP) is 3.07. The van der Waals surface area contributed by atoms with Crippen LogP contribution in [0.4, 0.5) is 0 Å². The summed E-state index contributed by atoms with van der Waals surface area (Å²) in [5, 5.41) is 1.31. The Kier molecular flexibility index (Phi) is 2.60. The molecule has 0 saturated heterocycles. The fraction of sp³-hybridized carbons (Fsp3) is 0.333. The van der Waals surface area contributed by atoms with Crippen molar-refractivity contribution < 1.29 is 4.74 Å². The Labute approximate surface area is 94.3 Å². The van der Waals surface area contributed by atoms with E-state index in [0.717, 1.165) is 5.75 Å². The first-order chi connectivity index (χ1) is 6.56. The molecule has 2 heteroatoms. The second-order valence-electron chi connectivity index (χ2n) is 4.30. The topological polar surface area (TPSA) is 9.23 Å². The third kappa shape index (κ3) is 2.13. The fourth-order valence-corrected chi connectivity index (χ4v) is 3.68. The molecule has 74 valence electrons. The first kappa shape index (κ1) is 10.1. The minimum absolute atomic E-state index is 0.0678. The van der Waals surface area contributed by atoms with Gasteiger partial charge in [-0.2, -0.15) is 0 Å². The van der Waals surface area contributed by atoms with E-state index in [1.54, 1.807) is 0 Å². The fourth-order valence-electron chi connectivity index (χ4n) is 1.39. The van der Waals surface area contributed by atoms with Crippen LogP contribution in [0.5, 0.6) is 5.75 Å². The van der Waals surface area contributed by atoms with E-state index >= 15 is 0 Å². The van der Waals surface area contributed by atoms with Gasteiger partial charge in [-0.1, -0.05) is 0 Å². The van der Waals surface area contributed by atoms with Gasteiger partial charge in [0, 0.05) is 0 Å². The Bertz CT molecular complexity index is 437. The molecule has 0 saturated carbocycles. The SMILES string of the molecule is CC(C)(C)Oc1cccc2[te]ccc12. The third-order valence-corrected chi connectivity index (χ3v) is 4.39. The zero-order chi connectivity index (χ0) is 10.2. The Balaban J connectivity index is 2.46. The summed E-state index contributed by atoms with van der Waals surface area (Å²) in [7, 11) is 0. The van der Waals surface area contributed by atoms with Crippen molar-refractivity contribution in [3.8, 4) is 5.75 Å². The molecule has 1 aromatic carbocycles. The molecule has 1 heterocycles. The van der Waals surface area contributed by atoms with Gasteiger partial charge in [0.05, 0.1) is 0 Å². The molecule has 0 N–H and O–H groups in total. The van der Waals surface area contributed by atoms with Crippen LogP contribution in [0.1, 0.15) is 20.8 Å². The van der Waals surface area contributed by atoms with Crippen molar-refractivity contribution in [1.29, 1.82) is 0 Å². The van der Waals surface area contributed by atoms with Gasteiger partial charge in [0.15, 0.2) is 0 Å². The van der Waals surface area contributed by atoms with Crippen molar-refractivity contribution in [2.24, 2.45) is 0 Å². The van der Waals surface area contributed by atoms with Crippen LogP contribution in [-0.2, 0) is 0 Å². The van der Waals surface area contributed by atoms with E-state index in [4.69, 9.17) is 4.74 Å². The van der Waals surface area contributed by atoms with Gasteiger partial charge < -0.3 is 0 Å². The summed E-state index contributed by atoms with van der Waals surface area (Å²) in [6.45, 7) is 6.26. The van der Waals surface area contributed by atoms with Gasteiger partial charge in [-0.15, -0.1) is 0 Å². The molecule has 0 fully saturated rings. The van der Waals surface area contributed by atoms with E-state index < -0.39 is 0 Å². The van der Waals surface area contributed by atoms with Crippen molar-refractivity contribution in [2.45, 2.75) is 26.4 Å². The zero-order valence-electron chi connectivity index (χ0n) is 8.70. The maximum absolute atomic E-state index is 5.91. The monoisotopic (exact) mass is 304 g/mol. The van der Waals surface area contributed by atoms with Crippen LogP contribution in [0.25, 0.3) is 8.79 Å². The van der Waals surface area contributed by atoms with Crippen LogP contribution in [-0.4, -0.2) is 26.0 Å². The molecule has 0 aliphatic rings. The molecule has 0 spiro atoms. The Morgan fingerprint density at radius 3 is 2.64 bits per heavy atom. The van der Waals surface area contributed by atoms with Crippen molar-refractivity contribution in [3.05, 3.63) is 28.3 Å². The summed E-state index contributed by atoms with van der Waals surface area (Å²) < 4.78 is 9.72. The summed E-state index contributed by atoms with van der Waals surface area (Å²) >= 11 is -0.0678. The van der Waals surface area contributed by atoms with Gasteiger partial charge >= 0.3 is 94.4 Å². The van der Waals surface area contributed by atoms with E-state index in [2.05, 4.69) is 49.1 Å². The molecule has 14 heavy (non-hydrogen) atoms. The molecule has 0 unspecified atom stereocenters. The Morgan fingerprint density at radius 2 is 1.93 bits per heavy atom. The summed E-state index contributed by atoms with van der Waals surface area (Å²) in [6.07, 6.45) is 0. The molecule has 0 atom stereocenters. The average molecular weight is 302 g/mol. The first-order valence-electron chi connectivity index (χ1n) is 4.71. The maximum atomic E-state index is 5.91. The first-order valence-corrected chi connectivity index (χ1v) is 7.22. The number of benzene rings is 1. The molecule has 0 radical (unpaired) electrons. The van der Waals surface area contributed by atoms with E-state index in [0.29, 0.717) is 0 Å². The summed E-state index contributed by atoms with van der Waals surface area (Å²) in [5.41, 5.74) is -0.105. The van der Waals surface area contributed by atoms with Crippen molar-refractivity contribution in [3.63, 3.8) is 0 Å². The molecule has 0 aliphatic heterocycles. The average Bonchev–Trinajstić information content (AvgIpc) is 2.49. The second-order valence-corrected chi connectivity index (χ2v) is 7.01. The predicted molar refractivity (Wildman–Crippen MR) is 61.3 cm³/mol. The van der Waals surface area contributed by atoms with Gasteiger partial charge in [0.25, 0.3) is 0 Å². The van der Waals surface area contributed by atoms with E-state index in [9.17, 15) is 0 Å². The molecule has 0 bridgehead atoms. The Hall–Kier alpha value is -0.450. The summed E-state index contributed by atoms with van der Waals surface area (Å²) in [4.78, 5) is 0. The molecule has 0 amide bonds. The van der Waals surface area contributed by atoms with E-state index in [1.165, 1.54) is 8.79 Å². The number of rotatable bonds is 1. The van der Waals surface area contributed by atoms with Gasteiger partial charge in [-0.05, 0) is 0 Å². The number of fused-ring (bicyclic) bond motifs is 1. The number of ether oxygens (including phenoxy) is 1. The van der Waals surface area contributed by atoms with Crippen LogP contribution in [0.15, 0.2) is 28.3 Å². The van der Waals surface area contributed by atoms with Crippen molar-refractivity contribution in [2.75, 3.05) is 0 Å². The van der Waals surface area contributed by atoms with Gasteiger partial charge in [-0.25, -0.2) is 0 Å². The van der Waals surface area contributed by atoms with Crippen molar-refractivity contribution >= 4 is 29.2 Å². The molecule has 1 nitrogen and oxygen atoms in total. The standard InChI is InChI=1S/C12H14OTe/c1-12(2,3)13-10-5-4-6-11-9(10)7-8-14-11/h4-8H,1-3H3. The Morgan fingerprint density at radius 1 is 1.14 bits per heavy atom.